The molecule has 0 bridgehead atoms. The van der Waals surface area contributed by atoms with Gasteiger partial charge in [-0.25, -0.2) is 13.1 Å². The van der Waals surface area contributed by atoms with Crippen molar-refractivity contribution in [3.8, 4) is 0 Å². The summed E-state index contributed by atoms with van der Waals surface area (Å²) in [6.07, 6.45) is 1.39. The van der Waals surface area contributed by atoms with Crippen molar-refractivity contribution in [3.63, 3.8) is 0 Å². The van der Waals surface area contributed by atoms with Crippen LogP contribution in [-0.4, -0.2) is 44.4 Å². The maximum atomic E-state index is 13.0. The van der Waals surface area contributed by atoms with Crippen molar-refractivity contribution in [1.82, 2.24) is 4.72 Å². The number of benzene rings is 1. The first kappa shape index (κ1) is 23.0. The standard InChI is InChI=1S/C18H28NO7PS/c1-4-25-27(22,26-5-2)17(18(20)21)12-16(14-8-9-14)19-28(23,24)15-10-6-13(3)7-11-15/h6-7,10-11,14,16-17,19H,4-5,8-9,12H2,1-3H3,(H,20,21)/t16-,17?/m0/s1. The summed E-state index contributed by atoms with van der Waals surface area (Å²) in [5, 5.41) is 9.65. The Morgan fingerprint density at radius 1 is 1.21 bits per heavy atom. The SMILES string of the molecule is CCOP(=O)(OCC)C(C[C@H](NS(=O)(=O)c1ccc(C)cc1)C1CC1)C(=O)O. The molecule has 0 aromatic heterocycles. The Bertz CT molecular complexity index is 811. The second-order valence-electron chi connectivity index (χ2n) is 6.84. The maximum absolute atomic E-state index is 13.0. The third-order valence-electron chi connectivity index (χ3n) is 4.59. The molecule has 1 saturated carbocycles. The minimum absolute atomic E-state index is 0.00113. The van der Waals surface area contributed by atoms with Crippen LogP contribution in [0.5, 0.6) is 0 Å². The van der Waals surface area contributed by atoms with Crippen molar-refractivity contribution < 1.29 is 31.9 Å². The second-order valence-corrected chi connectivity index (χ2v) is 10.8. The molecule has 1 aromatic rings. The fourth-order valence-corrected chi connectivity index (χ4v) is 6.23. The fraction of sp³-hybridized carbons (Fsp3) is 0.611. The van der Waals surface area contributed by atoms with Crippen molar-refractivity contribution in [1.29, 1.82) is 0 Å². The Morgan fingerprint density at radius 3 is 2.18 bits per heavy atom. The molecule has 28 heavy (non-hydrogen) atoms. The first-order chi connectivity index (χ1) is 13.1. The normalized spacial score (nSPS) is 17.2. The Kier molecular flexibility index (Phi) is 7.81. The number of sulfonamides is 1. The predicted molar refractivity (Wildman–Crippen MR) is 105 cm³/mol. The van der Waals surface area contributed by atoms with Gasteiger partial charge in [0.25, 0.3) is 0 Å². The van der Waals surface area contributed by atoms with Crippen molar-refractivity contribution in [3.05, 3.63) is 29.8 Å². The van der Waals surface area contributed by atoms with Crippen molar-refractivity contribution in [2.75, 3.05) is 13.2 Å². The second kappa shape index (κ2) is 9.50. The molecular formula is C18H28NO7PS. The Hall–Kier alpha value is -1.25. The molecule has 2 atom stereocenters. The lowest BCUT2D eigenvalue weighted by Crippen LogP contribution is -2.41. The van der Waals surface area contributed by atoms with E-state index in [-0.39, 0.29) is 30.4 Å². The lowest BCUT2D eigenvalue weighted by atomic mass is 10.1. The molecule has 1 fully saturated rings. The number of aryl methyl sites for hydroxylation is 1. The summed E-state index contributed by atoms with van der Waals surface area (Å²) in [4.78, 5) is 11.9. The van der Waals surface area contributed by atoms with E-state index in [0.29, 0.717) is 0 Å². The highest BCUT2D eigenvalue weighted by molar-refractivity contribution is 7.89. The molecule has 2 N–H and O–H groups in total. The molecule has 2 rings (SSSR count). The summed E-state index contributed by atoms with van der Waals surface area (Å²) in [7, 11) is -7.77. The molecule has 0 saturated heterocycles. The van der Waals surface area contributed by atoms with E-state index >= 15 is 0 Å². The first-order valence-corrected chi connectivity index (χ1v) is 12.4. The summed E-state index contributed by atoms with van der Waals surface area (Å²) >= 11 is 0. The molecule has 1 aliphatic rings. The van der Waals surface area contributed by atoms with Gasteiger partial charge < -0.3 is 14.2 Å². The number of carbonyl (C=O) groups is 1. The van der Waals surface area contributed by atoms with Crippen LogP contribution in [0.2, 0.25) is 0 Å². The van der Waals surface area contributed by atoms with Crippen LogP contribution < -0.4 is 4.72 Å². The first-order valence-electron chi connectivity index (χ1n) is 9.33. The molecule has 1 unspecified atom stereocenters. The Morgan fingerprint density at radius 2 is 1.75 bits per heavy atom. The van der Waals surface area contributed by atoms with Crippen LogP contribution in [0, 0.1) is 12.8 Å². The zero-order valence-electron chi connectivity index (χ0n) is 16.3. The molecule has 0 spiro atoms. The maximum Gasteiger partial charge on any atom is 0.344 e. The van der Waals surface area contributed by atoms with Gasteiger partial charge in [-0.05, 0) is 58.1 Å². The number of rotatable bonds is 12. The zero-order valence-corrected chi connectivity index (χ0v) is 18.0. The third kappa shape index (κ3) is 5.87. The molecule has 10 heteroatoms. The van der Waals surface area contributed by atoms with Gasteiger partial charge in [0.1, 0.15) is 0 Å². The van der Waals surface area contributed by atoms with E-state index in [9.17, 15) is 22.9 Å². The number of carboxylic acid groups (broad SMARTS) is 1. The zero-order chi connectivity index (χ0) is 20.9. The molecule has 1 aliphatic carbocycles. The summed E-state index contributed by atoms with van der Waals surface area (Å²) in [6, 6.07) is 5.73. The Balaban J connectivity index is 2.26. The van der Waals surface area contributed by atoms with E-state index in [2.05, 4.69) is 4.72 Å². The highest BCUT2D eigenvalue weighted by atomic mass is 32.2. The molecule has 0 heterocycles. The lowest BCUT2D eigenvalue weighted by Gasteiger charge is -2.27. The molecule has 8 nitrogen and oxygen atoms in total. The topological polar surface area (TPSA) is 119 Å². The average molecular weight is 433 g/mol. The Labute approximate surface area is 166 Å². The van der Waals surface area contributed by atoms with Gasteiger partial charge in [-0.3, -0.25) is 9.36 Å². The number of aliphatic carboxylic acids is 1. The highest BCUT2D eigenvalue weighted by Gasteiger charge is 2.46. The van der Waals surface area contributed by atoms with E-state index < -0.39 is 35.3 Å². The van der Waals surface area contributed by atoms with Crippen molar-refractivity contribution in [2.45, 2.75) is 56.6 Å². The molecule has 0 radical (unpaired) electrons. The number of hydrogen-bond acceptors (Lipinski definition) is 6. The predicted octanol–water partition coefficient (Wildman–Crippen LogP) is 3.16. The molecule has 1 aromatic carbocycles. The van der Waals surface area contributed by atoms with Crippen LogP contribution in [0.4, 0.5) is 0 Å². The van der Waals surface area contributed by atoms with Crippen molar-refractivity contribution in [2.24, 2.45) is 5.92 Å². The molecule has 158 valence electrons. The van der Waals surface area contributed by atoms with Gasteiger partial charge in [0, 0.05) is 6.04 Å². The minimum Gasteiger partial charge on any atom is -0.481 e. The van der Waals surface area contributed by atoms with Gasteiger partial charge in [0.15, 0.2) is 5.66 Å². The van der Waals surface area contributed by atoms with E-state index in [1.807, 2.05) is 6.92 Å². The van der Waals surface area contributed by atoms with Crippen LogP contribution in [0.3, 0.4) is 0 Å². The molecule has 0 amide bonds. The summed E-state index contributed by atoms with van der Waals surface area (Å²) < 4.78 is 51.5. The summed E-state index contributed by atoms with van der Waals surface area (Å²) in [5.41, 5.74) is -0.517. The van der Waals surface area contributed by atoms with Crippen LogP contribution in [0.1, 0.15) is 38.7 Å². The minimum atomic E-state index is -3.93. The van der Waals surface area contributed by atoms with Gasteiger partial charge in [-0.1, -0.05) is 17.7 Å². The largest absolute Gasteiger partial charge is 0.481 e. The number of nitrogens with one attached hydrogen (secondary N) is 1. The summed E-state index contributed by atoms with van der Waals surface area (Å²) in [6.45, 7) is 5.12. The van der Waals surface area contributed by atoms with Gasteiger partial charge in [0.05, 0.1) is 18.1 Å². The van der Waals surface area contributed by atoms with E-state index in [1.54, 1.807) is 26.0 Å². The number of carboxylic acids is 1. The average Bonchev–Trinajstić information content (AvgIpc) is 3.44. The lowest BCUT2D eigenvalue weighted by molar-refractivity contribution is -0.137. The van der Waals surface area contributed by atoms with Gasteiger partial charge in [-0.15, -0.1) is 0 Å². The van der Waals surface area contributed by atoms with Crippen molar-refractivity contribution >= 4 is 23.6 Å². The monoisotopic (exact) mass is 433 g/mol. The highest BCUT2D eigenvalue weighted by Crippen LogP contribution is 2.55. The van der Waals surface area contributed by atoms with Crippen LogP contribution in [0.25, 0.3) is 0 Å². The van der Waals surface area contributed by atoms with Crippen LogP contribution in [0.15, 0.2) is 29.2 Å². The van der Waals surface area contributed by atoms with E-state index in [4.69, 9.17) is 9.05 Å². The smallest absolute Gasteiger partial charge is 0.344 e. The van der Waals surface area contributed by atoms with Gasteiger partial charge >= 0.3 is 13.6 Å². The third-order valence-corrected chi connectivity index (χ3v) is 8.53. The fourth-order valence-electron chi connectivity index (χ4n) is 3.00. The van der Waals surface area contributed by atoms with Gasteiger partial charge in [0.2, 0.25) is 10.0 Å². The van der Waals surface area contributed by atoms with E-state index in [1.165, 1.54) is 12.1 Å². The van der Waals surface area contributed by atoms with Crippen LogP contribution >= 0.6 is 7.60 Å². The number of hydrogen-bond donors (Lipinski definition) is 2. The quantitative estimate of drug-likeness (QED) is 0.486. The molecular weight excluding hydrogens is 405 g/mol. The summed E-state index contributed by atoms with van der Waals surface area (Å²) in [5.74, 6) is -1.33. The van der Waals surface area contributed by atoms with Crippen LogP contribution in [-0.2, 0) is 28.4 Å². The van der Waals surface area contributed by atoms with Gasteiger partial charge in [-0.2, -0.15) is 0 Å². The molecule has 0 aliphatic heterocycles. The van der Waals surface area contributed by atoms with E-state index in [0.717, 1.165) is 18.4 Å².